The second-order valence-corrected chi connectivity index (χ2v) is 6.68. The van der Waals surface area contributed by atoms with Gasteiger partial charge in [-0.1, -0.05) is 17.7 Å². The average molecular weight is 361 g/mol. The molecule has 1 saturated heterocycles. The lowest BCUT2D eigenvalue weighted by Crippen LogP contribution is -2.41. The summed E-state index contributed by atoms with van der Waals surface area (Å²) in [7, 11) is 0. The van der Waals surface area contributed by atoms with Gasteiger partial charge in [0, 0.05) is 12.2 Å². The Bertz CT molecular complexity index is 833. The minimum Gasteiger partial charge on any atom is -0.340 e. The molecule has 0 bridgehead atoms. The first kappa shape index (κ1) is 17.4. The monoisotopic (exact) mass is 360 g/mol. The van der Waals surface area contributed by atoms with Crippen molar-refractivity contribution < 1.29 is 14.0 Å². The number of nitrogens with one attached hydrogen (secondary N) is 1. The molecule has 0 spiro atoms. The fourth-order valence-corrected chi connectivity index (χ4v) is 3.34. The summed E-state index contributed by atoms with van der Waals surface area (Å²) in [5.74, 6) is -1.15. The molecule has 0 aromatic heterocycles. The van der Waals surface area contributed by atoms with Crippen molar-refractivity contribution in [1.29, 1.82) is 0 Å². The molecule has 130 valence electrons. The van der Waals surface area contributed by atoms with Crippen LogP contribution in [0.15, 0.2) is 36.4 Å². The van der Waals surface area contributed by atoms with Crippen LogP contribution in [0.5, 0.6) is 0 Å². The smallest absolute Gasteiger partial charge is 0.253 e. The number of hydrogen-bond donors (Lipinski definition) is 1. The van der Waals surface area contributed by atoms with Crippen molar-refractivity contribution in [3.63, 3.8) is 0 Å². The quantitative estimate of drug-likeness (QED) is 0.908. The maximum atomic E-state index is 13.1. The Hall–Kier alpha value is -2.40. The second-order valence-electron chi connectivity index (χ2n) is 6.27. The van der Waals surface area contributed by atoms with Crippen molar-refractivity contribution in [1.82, 2.24) is 5.32 Å². The SMILES string of the molecule is Cc1cc(C)cc(N2CC[C@@H](NC(=O)c3ccc(F)cc3Cl)C2=O)c1. The first-order valence-corrected chi connectivity index (χ1v) is 8.38. The molecule has 1 heterocycles. The van der Waals surface area contributed by atoms with Crippen LogP contribution in [-0.2, 0) is 4.79 Å². The number of rotatable bonds is 3. The van der Waals surface area contributed by atoms with Crippen molar-refractivity contribution in [2.75, 3.05) is 11.4 Å². The average Bonchev–Trinajstić information content (AvgIpc) is 2.87. The predicted octanol–water partition coefficient (Wildman–Crippen LogP) is 3.63. The van der Waals surface area contributed by atoms with Crippen molar-refractivity contribution in [2.24, 2.45) is 0 Å². The molecule has 1 atom stereocenters. The highest BCUT2D eigenvalue weighted by Crippen LogP contribution is 2.25. The van der Waals surface area contributed by atoms with Crippen LogP contribution in [-0.4, -0.2) is 24.4 Å². The third-order valence-electron chi connectivity index (χ3n) is 4.20. The van der Waals surface area contributed by atoms with Crippen molar-refractivity contribution in [3.8, 4) is 0 Å². The van der Waals surface area contributed by atoms with Gasteiger partial charge in [-0.15, -0.1) is 0 Å². The van der Waals surface area contributed by atoms with Gasteiger partial charge in [-0.3, -0.25) is 9.59 Å². The molecular weight excluding hydrogens is 343 g/mol. The Morgan fingerprint density at radius 2 is 1.88 bits per heavy atom. The number of carbonyl (C=O) groups is 2. The summed E-state index contributed by atoms with van der Waals surface area (Å²) in [5.41, 5.74) is 3.14. The molecule has 2 amide bonds. The van der Waals surface area contributed by atoms with Crippen LogP contribution in [0.1, 0.15) is 27.9 Å². The molecule has 6 heteroatoms. The van der Waals surface area contributed by atoms with E-state index >= 15 is 0 Å². The Balaban J connectivity index is 1.74. The van der Waals surface area contributed by atoms with Gasteiger partial charge in [-0.2, -0.15) is 0 Å². The van der Waals surface area contributed by atoms with Gasteiger partial charge in [-0.25, -0.2) is 4.39 Å². The van der Waals surface area contributed by atoms with Gasteiger partial charge in [0.1, 0.15) is 11.9 Å². The summed E-state index contributed by atoms with van der Waals surface area (Å²) < 4.78 is 13.1. The van der Waals surface area contributed by atoms with Gasteiger partial charge in [0.2, 0.25) is 5.91 Å². The number of amides is 2. The van der Waals surface area contributed by atoms with Crippen molar-refractivity contribution in [3.05, 3.63) is 63.9 Å². The van der Waals surface area contributed by atoms with E-state index in [0.29, 0.717) is 13.0 Å². The normalized spacial score (nSPS) is 17.0. The molecule has 4 nitrogen and oxygen atoms in total. The first-order chi connectivity index (χ1) is 11.8. The Morgan fingerprint density at radius 1 is 1.20 bits per heavy atom. The zero-order chi connectivity index (χ0) is 18.1. The summed E-state index contributed by atoms with van der Waals surface area (Å²) in [6, 6.07) is 8.88. The standard InChI is InChI=1S/C19H18ClFN2O2/c1-11-7-12(2)9-14(8-11)23-6-5-17(19(23)25)22-18(24)15-4-3-13(21)10-16(15)20/h3-4,7-10,17H,5-6H2,1-2H3,(H,22,24)/t17-/m1/s1. The maximum Gasteiger partial charge on any atom is 0.253 e. The minimum absolute atomic E-state index is 0.0223. The lowest BCUT2D eigenvalue weighted by molar-refractivity contribution is -0.118. The molecular formula is C19H18ClFN2O2. The van der Waals surface area contributed by atoms with E-state index in [2.05, 4.69) is 5.32 Å². The summed E-state index contributed by atoms with van der Waals surface area (Å²) in [5, 5.41) is 2.72. The molecule has 2 aromatic rings. The van der Waals surface area contributed by atoms with Crippen molar-refractivity contribution >= 4 is 29.1 Å². The Morgan fingerprint density at radius 3 is 2.52 bits per heavy atom. The van der Waals surface area contributed by atoms with Crippen LogP contribution >= 0.6 is 11.6 Å². The predicted molar refractivity (Wildman–Crippen MR) is 95.6 cm³/mol. The van der Waals surface area contributed by atoms with Crippen LogP contribution < -0.4 is 10.2 Å². The van der Waals surface area contributed by atoms with Gasteiger partial charge in [0.15, 0.2) is 0 Å². The molecule has 1 N–H and O–H groups in total. The summed E-state index contributed by atoms with van der Waals surface area (Å²) in [6.45, 7) is 4.49. The van der Waals surface area contributed by atoms with Crippen LogP contribution in [0.3, 0.4) is 0 Å². The Labute approximate surface area is 150 Å². The minimum atomic E-state index is -0.616. The van der Waals surface area contributed by atoms with Crippen LogP contribution in [0.25, 0.3) is 0 Å². The number of aryl methyl sites for hydroxylation is 2. The van der Waals surface area contributed by atoms with E-state index in [-0.39, 0.29) is 16.5 Å². The number of carbonyl (C=O) groups excluding carboxylic acids is 2. The third-order valence-corrected chi connectivity index (χ3v) is 4.52. The van der Waals surface area contributed by atoms with Crippen molar-refractivity contribution in [2.45, 2.75) is 26.3 Å². The largest absolute Gasteiger partial charge is 0.340 e. The lowest BCUT2D eigenvalue weighted by atomic mass is 10.1. The summed E-state index contributed by atoms with van der Waals surface area (Å²) in [4.78, 5) is 26.7. The van der Waals surface area contributed by atoms with E-state index in [9.17, 15) is 14.0 Å². The van der Waals surface area contributed by atoms with E-state index in [0.717, 1.165) is 22.9 Å². The fraction of sp³-hybridized carbons (Fsp3) is 0.263. The third kappa shape index (κ3) is 3.66. The van der Waals surface area contributed by atoms with Gasteiger partial charge < -0.3 is 10.2 Å². The van der Waals surface area contributed by atoms with Gasteiger partial charge in [0.05, 0.1) is 10.6 Å². The van der Waals surface area contributed by atoms with Crippen LogP contribution in [0.4, 0.5) is 10.1 Å². The van der Waals surface area contributed by atoms with Gasteiger partial charge in [0.25, 0.3) is 5.91 Å². The molecule has 25 heavy (non-hydrogen) atoms. The topological polar surface area (TPSA) is 49.4 Å². The van der Waals surface area contributed by atoms with E-state index in [1.807, 2.05) is 32.0 Å². The summed E-state index contributed by atoms with van der Waals surface area (Å²) >= 11 is 5.91. The number of hydrogen-bond acceptors (Lipinski definition) is 2. The van der Waals surface area contributed by atoms with E-state index in [4.69, 9.17) is 11.6 Å². The van der Waals surface area contributed by atoms with E-state index in [1.165, 1.54) is 12.1 Å². The highest BCUT2D eigenvalue weighted by Gasteiger charge is 2.34. The molecule has 2 aromatic carbocycles. The zero-order valence-electron chi connectivity index (χ0n) is 14.0. The first-order valence-electron chi connectivity index (χ1n) is 8.01. The highest BCUT2D eigenvalue weighted by atomic mass is 35.5. The van der Waals surface area contributed by atoms with E-state index in [1.54, 1.807) is 4.90 Å². The molecule has 0 unspecified atom stereocenters. The lowest BCUT2D eigenvalue weighted by Gasteiger charge is -2.18. The zero-order valence-corrected chi connectivity index (χ0v) is 14.7. The number of benzene rings is 2. The molecule has 3 rings (SSSR count). The number of nitrogens with zero attached hydrogens (tertiary/aromatic N) is 1. The molecule has 0 aliphatic carbocycles. The second kappa shape index (κ2) is 6.84. The van der Waals surface area contributed by atoms with E-state index < -0.39 is 17.8 Å². The molecule has 1 fully saturated rings. The molecule has 1 aliphatic heterocycles. The maximum absolute atomic E-state index is 13.1. The van der Waals surface area contributed by atoms with Gasteiger partial charge >= 0.3 is 0 Å². The van der Waals surface area contributed by atoms with Gasteiger partial charge in [-0.05, 0) is 61.7 Å². The number of anilines is 1. The molecule has 0 radical (unpaired) electrons. The molecule has 1 aliphatic rings. The number of halogens is 2. The fourth-order valence-electron chi connectivity index (χ4n) is 3.09. The Kier molecular flexibility index (Phi) is 4.77. The molecule has 0 saturated carbocycles. The summed E-state index contributed by atoms with van der Waals surface area (Å²) in [6.07, 6.45) is 0.510. The van der Waals surface area contributed by atoms with Crippen LogP contribution in [0.2, 0.25) is 5.02 Å². The highest BCUT2D eigenvalue weighted by molar-refractivity contribution is 6.33. The van der Waals surface area contributed by atoms with Crippen LogP contribution in [0, 0.1) is 19.7 Å².